The summed E-state index contributed by atoms with van der Waals surface area (Å²) in [5.41, 5.74) is 2.83. The molecular weight excluding hydrogens is 146 g/mol. The lowest BCUT2D eigenvalue weighted by molar-refractivity contribution is 0.354. The van der Waals surface area contributed by atoms with E-state index in [2.05, 4.69) is 37.6 Å². The molecule has 0 fully saturated rings. The van der Waals surface area contributed by atoms with Crippen molar-refractivity contribution in [2.75, 3.05) is 20.1 Å². The molecule has 0 spiro atoms. The summed E-state index contributed by atoms with van der Waals surface area (Å²) in [6.45, 7) is 8.10. The van der Waals surface area contributed by atoms with Crippen molar-refractivity contribution in [3.63, 3.8) is 0 Å². The summed E-state index contributed by atoms with van der Waals surface area (Å²) in [5, 5.41) is 0. The Morgan fingerprint density at radius 3 is 2.75 bits per heavy atom. The van der Waals surface area contributed by atoms with Crippen molar-refractivity contribution >= 4 is 0 Å². The molecule has 1 nitrogen and oxygen atoms in total. The third kappa shape index (κ3) is 2.08. The van der Waals surface area contributed by atoms with Crippen LogP contribution in [0.5, 0.6) is 0 Å². The molecule has 0 bridgehead atoms. The minimum atomic E-state index is 1.04. The van der Waals surface area contributed by atoms with E-state index in [-0.39, 0.29) is 0 Å². The number of allylic oxidation sites excluding steroid dienone is 2. The molecule has 0 amide bonds. The number of rotatable bonds is 2. The van der Waals surface area contributed by atoms with Crippen LogP contribution in [0.1, 0.15) is 13.3 Å². The Kier molecular flexibility index (Phi) is 3.30. The third-order valence-corrected chi connectivity index (χ3v) is 2.23. The van der Waals surface area contributed by atoms with Gasteiger partial charge in [0.15, 0.2) is 0 Å². The first-order valence-corrected chi connectivity index (χ1v) is 4.43. The molecule has 0 radical (unpaired) electrons. The zero-order chi connectivity index (χ0) is 8.97. The van der Waals surface area contributed by atoms with Gasteiger partial charge in [-0.15, -0.1) is 0 Å². The normalized spacial score (nSPS) is 20.5. The second-order valence-corrected chi connectivity index (χ2v) is 3.24. The summed E-state index contributed by atoms with van der Waals surface area (Å²) in [6.07, 6.45) is 7.43. The van der Waals surface area contributed by atoms with Gasteiger partial charge in [0.05, 0.1) is 0 Å². The highest BCUT2D eigenvalue weighted by atomic mass is 15.1. The van der Waals surface area contributed by atoms with Crippen molar-refractivity contribution in [1.82, 2.24) is 4.90 Å². The van der Waals surface area contributed by atoms with Gasteiger partial charge in [0.1, 0.15) is 0 Å². The fourth-order valence-corrected chi connectivity index (χ4v) is 1.53. The summed E-state index contributed by atoms with van der Waals surface area (Å²) in [5.74, 6) is 0. The summed E-state index contributed by atoms with van der Waals surface area (Å²) < 4.78 is 0. The first kappa shape index (κ1) is 9.27. The molecule has 0 unspecified atom stereocenters. The molecule has 1 heterocycles. The molecule has 1 aliphatic heterocycles. The van der Waals surface area contributed by atoms with Crippen LogP contribution in [0, 0.1) is 0 Å². The van der Waals surface area contributed by atoms with E-state index < -0.39 is 0 Å². The molecular formula is C11H17N. The van der Waals surface area contributed by atoms with Gasteiger partial charge >= 0.3 is 0 Å². The van der Waals surface area contributed by atoms with Crippen molar-refractivity contribution in [3.05, 3.63) is 36.0 Å². The largest absolute Gasteiger partial charge is 0.302 e. The molecule has 0 saturated carbocycles. The highest BCUT2D eigenvalue weighted by Crippen LogP contribution is 2.18. The first-order chi connectivity index (χ1) is 5.77. The Morgan fingerprint density at radius 1 is 1.42 bits per heavy atom. The molecule has 0 N–H and O–H groups in total. The van der Waals surface area contributed by atoms with Crippen LogP contribution in [0.3, 0.4) is 0 Å². The predicted octanol–water partition coefficient (Wildman–Crippen LogP) is 2.38. The van der Waals surface area contributed by atoms with Gasteiger partial charge in [0.2, 0.25) is 0 Å². The van der Waals surface area contributed by atoms with Crippen molar-refractivity contribution in [1.29, 1.82) is 0 Å². The standard InChI is InChI=1S/C11H17N/c1-4-6-11-7-8-12(3)9-10(11)5-2/h4-6H,2,7-9H2,1,3H3/b6-4-. The minimum absolute atomic E-state index is 1.04. The van der Waals surface area contributed by atoms with E-state index in [4.69, 9.17) is 0 Å². The molecule has 1 heteroatoms. The summed E-state index contributed by atoms with van der Waals surface area (Å²) >= 11 is 0. The molecule has 0 aliphatic carbocycles. The van der Waals surface area contributed by atoms with E-state index in [0.717, 1.165) is 19.5 Å². The summed E-state index contributed by atoms with van der Waals surface area (Å²) in [7, 11) is 2.15. The Morgan fingerprint density at radius 2 is 2.17 bits per heavy atom. The van der Waals surface area contributed by atoms with Crippen LogP contribution in [0.15, 0.2) is 36.0 Å². The van der Waals surface area contributed by atoms with Gasteiger partial charge in [0.25, 0.3) is 0 Å². The second-order valence-electron chi connectivity index (χ2n) is 3.24. The maximum absolute atomic E-state index is 3.83. The maximum Gasteiger partial charge on any atom is 0.0233 e. The highest BCUT2D eigenvalue weighted by molar-refractivity contribution is 5.35. The fourth-order valence-electron chi connectivity index (χ4n) is 1.53. The summed E-state index contributed by atoms with van der Waals surface area (Å²) in [6, 6.07) is 0. The quantitative estimate of drug-likeness (QED) is 0.604. The lowest BCUT2D eigenvalue weighted by Gasteiger charge is -2.24. The second kappa shape index (κ2) is 4.27. The lowest BCUT2D eigenvalue weighted by Crippen LogP contribution is -2.26. The summed E-state index contributed by atoms with van der Waals surface area (Å²) in [4.78, 5) is 2.32. The zero-order valence-corrected chi connectivity index (χ0v) is 8.01. The van der Waals surface area contributed by atoms with Crippen LogP contribution in [0.4, 0.5) is 0 Å². The molecule has 0 saturated heterocycles. The van der Waals surface area contributed by atoms with E-state index in [9.17, 15) is 0 Å². The molecule has 1 rings (SSSR count). The molecule has 0 aromatic heterocycles. The third-order valence-electron chi connectivity index (χ3n) is 2.23. The lowest BCUT2D eigenvalue weighted by atomic mass is 10.00. The number of likely N-dealkylation sites (N-methyl/N-ethyl adjacent to an activating group) is 1. The van der Waals surface area contributed by atoms with Crippen molar-refractivity contribution in [2.24, 2.45) is 0 Å². The van der Waals surface area contributed by atoms with Crippen LogP contribution >= 0.6 is 0 Å². The highest BCUT2D eigenvalue weighted by Gasteiger charge is 2.11. The van der Waals surface area contributed by atoms with E-state index in [1.54, 1.807) is 0 Å². The number of nitrogens with zero attached hydrogens (tertiary/aromatic N) is 1. The molecule has 66 valence electrons. The first-order valence-electron chi connectivity index (χ1n) is 4.43. The van der Waals surface area contributed by atoms with Crippen LogP contribution in [-0.4, -0.2) is 25.0 Å². The topological polar surface area (TPSA) is 3.24 Å². The van der Waals surface area contributed by atoms with Gasteiger partial charge in [-0.3, -0.25) is 0 Å². The van der Waals surface area contributed by atoms with Crippen LogP contribution < -0.4 is 0 Å². The maximum atomic E-state index is 3.83. The Balaban J connectivity index is 2.83. The van der Waals surface area contributed by atoms with Gasteiger partial charge in [-0.1, -0.05) is 24.8 Å². The predicted molar refractivity (Wildman–Crippen MR) is 54.2 cm³/mol. The van der Waals surface area contributed by atoms with E-state index >= 15 is 0 Å². The van der Waals surface area contributed by atoms with Crippen molar-refractivity contribution in [3.8, 4) is 0 Å². The van der Waals surface area contributed by atoms with Gasteiger partial charge in [0, 0.05) is 13.1 Å². The fraction of sp³-hybridized carbons (Fsp3) is 0.455. The molecule has 0 atom stereocenters. The van der Waals surface area contributed by atoms with Crippen molar-refractivity contribution < 1.29 is 0 Å². The minimum Gasteiger partial charge on any atom is -0.302 e. The zero-order valence-electron chi connectivity index (χ0n) is 8.01. The Labute approximate surface area is 75.1 Å². The number of hydrogen-bond donors (Lipinski definition) is 0. The average molecular weight is 163 g/mol. The van der Waals surface area contributed by atoms with Gasteiger partial charge in [-0.2, -0.15) is 0 Å². The van der Waals surface area contributed by atoms with E-state index in [1.165, 1.54) is 11.1 Å². The van der Waals surface area contributed by atoms with Gasteiger partial charge in [-0.05, 0) is 31.5 Å². The van der Waals surface area contributed by atoms with E-state index in [0.29, 0.717) is 0 Å². The van der Waals surface area contributed by atoms with Crippen LogP contribution in [0.2, 0.25) is 0 Å². The Hall–Kier alpha value is -0.820. The van der Waals surface area contributed by atoms with Crippen molar-refractivity contribution in [2.45, 2.75) is 13.3 Å². The smallest absolute Gasteiger partial charge is 0.0233 e. The van der Waals surface area contributed by atoms with Crippen LogP contribution in [-0.2, 0) is 0 Å². The number of hydrogen-bond acceptors (Lipinski definition) is 1. The SMILES string of the molecule is C=CC1=C(/C=C\C)CCN(C)C1. The van der Waals surface area contributed by atoms with Crippen LogP contribution in [0.25, 0.3) is 0 Å². The van der Waals surface area contributed by atoms with E-state index in [1.807, 2.05) is 6.08 Å². The monoisotopic (exact) mass is 163 g/mol. The molecule has 12 heavy (non-hydrogen) atoms. The van der Waals surface area contributed by atoms with Gasteiger partial charge in [-0.25, -0.2) is 0 Å². The molecule has 0 aromatic rings. The average Bonchev–Trinajstić information content (AvgIpc) is 2.08. The molecule has 0 aromatic carbocycles. The molecule has 1 aliphatic rings. The Bertz CT molecular complexity index is 223. The van der Waals surface area contributed by atoms with Gasteiger partial charge < -0.3 is 4.90 Å².